The Balaban J connectivity index is 0.000000184. The van der Waals surface area contributed by atoms with E-state index in [0.717, 1.165) is 68.9 Å². The van der Waals surface area contributed by atoms with Crippen molar-refractivity contribution in [2.45, 2.75) is 164 Å². The predicted molar refractivity (Wildman–Crippen MR) is 241 cm³/mol. The summed E-state index contributed by atoms with van der Waals surface area (Å²) in [7, 11) is 1.82. The van der Waals surface area contributed by atoms with Crippen LogP contribution in [0.4, 0.5) is 9.59 Å². The van der Waals surface area contributed by atoms with E-state index in [1.807, 2.05) is 113 Å². The number of carbonyl (C=O) groups excluding carboxylic acids is 2. The van der Waals surface area contributed by atoms with Crippen molar-refractivity contribution in [2.24, 2.45) is 0 Å². The number of hydrogen-bond donors (Lipinski definition) is 1. The molecule has 0 aromatic heterocycles. The summed E-state index contributed by atoms with van der Waals surface area (Å²) in [6.07, 6.45) is 8.02. The minimum atomic E-state index is -0.557. The first kappa shape index (κ1) is 44.4. The first-order valence-electron chi connectivity index (χ1n) is 22.4. The average Bonchev–Trinajstić information content (AvgIpc) is 3.25. The smallest absolute Gasteiger partial charge is 0.411 e. The van der Waals surface area contributed by atoms with Crippen LogP contribution in [0.5, 0.6) is 0 Å². The van der Waals surface area contributed by atoms with Crippen molar-refractivity contribution >= 4 is 12.2 Å². The third-order valence-electron chi connectivity index (χ3n) is 14.3. The van der Waals surface area contributed by atoms with Gasteiger partial charge in [0.2, 0.25) is 0 Å². The molecule has 6 aliphatic rings. The fourth-order valence-electron chi connectivity index (χ4n) is 11.1. The van der Waals surface area contributed by atoms with Gasteiger partial charge in [-0.3, -0.25) is 9.80 Å². The Bertz CT molecular complexity index is 2040. The molecule has 2 atom stereocenters. The Morgan fingerprint density at radius 1 is 0.541 bits per heavy atom. The molecule has 8 heteroatoms. The molecule has 6 saturated carbocycles. The molecule has 6 aliphatic carbocycles. The Morgan fingerprint density at radius 2 is 0.885 bits per heavy atom. The maximum absolute atomic E-state index is 13.5. The second-order valence-corrected chi connectivity index (χ2v) is 20.2. The Hall–Kier alpha value is -4.66. The third-order valence-corrected chi connectivity index (χ3v) is 14.3. The number of hydrogen-bond acceptors (Lipinski definition) is 6. The number of amides is 2. The minimum absolute atomic E-state index is 0.0319. The van der Waals surface area contributed by atoms with Gasteiger partial charge in [-0.05, 0) is 128 Å². The fraction of sp³-hybridized carbons (Fsp3) is 0.509. The van der Waals surface area contributed by atoms with Crippen LogP contribution in [0, 0.1) is 0 Å². The third kappa shape index (κ3) is 9.41. The van der Waals surface area contributed by atoms with E-state index in [0.29, 0.717) is 19.5 Å². The number of rotatable bonds is 9. The summed E-state index contributed by atoms with van der Waals surface area (Å²) < 4.78 is 17.8. The summed E-state index contributed by atoms with van der Waals surface area (Å²) in [6, 6.07) is 41.5. The number of aliphatic hydroxyl groups excluding tert-OH is 1. The zero-order valence-electron chi connectivity index (χ0n) is 37.6. The largest absolute Gasteiger partial charge is 0.444 e. The first-order valence-corrected chi connectivity index (χ1v) is 22.4. The van der Waals surface area contributed by atoms with Gasteiger partial charge in [0.05, 0.1) is 12.2 Å². The van der Waals surface area contributed by atoms with Crippen molar-refractivity contribution in [3.05, 3.63) is 144 Å². The molecule has 6 fully saturated rings. The van der Waals surface area contributed by atoms with Gasteiger partial charge in [-0.1, -0.05) is 121 Å². The highest BCUT2D eigenvalue weighted by atomic mass is 16.6. The highest BCUT2D eigenvalue weighted by molar-refractivity contribution is 5.70. The summed E-state index contributed by atoms with van der Waals surface area (Å²) in [5.41, 5.74) is 2.93. The van der Waals surface area contributed by atoms with Crippen molar-refractivity contribution in [3.8, 4) is 0 Å². The van der Waals surface area contributed by atoms with E-state index in [-0.39, 0.29) is 40.2 Å². The quantitative estimate of drug-likeness (QED) is 0.181. The van der Waals surface area contributed by atoms with E-state index in [9.17, 15) is 14.7 Å². The topological polar surface area (TPSA) is 88.5 Å². The van der Waals surface area contributed by atoms with Crippen LogP contribution in [0.25, 0.3) is 0 Å². The lowest BCUT2D eigenvalue weighted by molar-refractivity contribution is -0.115. The highest BCUT2D eigenvalue weighted by Gasteiger charge is 2.60. The van der Waals surface area contributed by atoms with Crippen molar-refractivity contribution in [3.63, 3.8) is 0 Å². The summed E-state index contributed by atoms with van der Waals surface area (Å²) in [5, 5.41) is 11.3. The zero-order valence-corrected chi connectivity index (χ0v) is 37.6. The molecule has 61 heavy (non-hydrogen) atoms. The van der Waals surface area contributed by atoms with Crippen LogP contribution < -0.4 is 0 Å². The number of ether oxygens (including phenoxy) is 3. The van der Waals surface area contributed by atoms with E-state index >= 15 is 0 Å². The number of benzene rings is 4. The molecule has 0 heterocycles. The molecule has 4 bridgehead atoms. The molecule has 0 aliphatic heterocycles. The highest BCUT2D eigenvalue weighted by Crippen LogP contribution is 2.58. The SMILES string of the molecule is CC(C)(C)OC(=O)N(Cc1ccccc1)C12CCC(c3ccccc3)(CC1)C(O)C2.COC1CC2(N(Cc3ccccc3)C(=O)OC(C)(C)C)CCC1(c1ccccc1)CC2. The normalized spacial score (nSPS) is 27.9. The molecule has 2 unspecified atom stereocenters. The lowest BCUT2D eigenvalue weighted by Crippen LogP contribution is -2.65. The zero-order chi connectivity index (χ0) is 43.5. The fourth-order valence-corrected chi connectivity index (χ4v) is 11.1. The lowest BCUT2D eigenvalue weighted by Gasteiger charge is -2.60. The van der Waals surface area contributed by atoms with Crippen LogP contribution in [0.3, 0.4) is 0 Å². The van der Waals surface area contributed by atoms with E-state index in [1.54, 1.807) is 0 Å². The molecular weight excluding hydrogens is 761 g/mol. The molecule has 4 aromatic carbocycles. The van der Waals surface area contributed by atoms with Crippen molar-refractivity contribution in [1.29, 1.82) is 0 Å². The van der Waals surface area contributed by atoms with Gasteiger partial charge < -0.3 is 19.3 Å². The van der Waals surface area contributed by atoms with Gasteiger partial charge in [-0.2, -0.15) is 0 Å². The molecule has 0 saturated heterocycles. The number of nitrogens with zero attached hydrogens (tertiary/aromatic N) is 2. The van der Waals surface area contributed by atoms with Gasteiger partial charge in [0.25, 0.3) is 0 Å². The van der Waals surface area contributed by atoms with Crippen LogP contribution >= 0.6 is 0 Å². The molecule has 326 valence electrons. The monoisotopic (exact) mass is 829 g/mol. The lowest BCUT2D eigenvalue weighted by atomic mass is 9.53. The maximum Gasteiger partial charge on any atom is 0.411 e. The van der Waals surface area contributed by atoms with Crippen LogP contribution in [-0.4, -0.2) is 68.7 Å². The number of carbonyl (C=O) groups is 2. The van der Waals surface area contributed by atoms with Crippen molar-refractivity contribution in [1.82, 2.24) is 9.80 Å². The Kier molecular flexibility index (Phi) is 12.8. The van der Waals surface area contributed by atoms with E-state index < -0.39 is 17.3 Å². The van der Waals surface area contributed by atoms with Gasteiger partial charge in [0, 0.05) is 42.1 Å². The van der Waals surface area contributed by atoms with Crippen LogP contribution in [-0.2, 0) is 38.1 Å². The second kappa shape index (κ2) is 17.6. The molecule has 0 spiro atoms. The summed E-state index contributed by atoms with van der Waals surface area (Å²) >= 11 is 0. The number of fused-ring (bicyclic) bond motifs is 6. The van der Waals surface area contributed by atoms with Gasteiger partial charge in [0.15, 0.2) is 0 Å². The number of aliphatic hydroxyl groups is 1. The van der Waals surface area contributed by atoms with Crippen LogP contribution in [0.2, 0.25) is 0 Å². The van der Waals surface area contributed by atoms with Gasteiger partial charge in [0.1, 0.15) is 11.2 Å². The second-order valence-electron chi connectivity index (χ2n) is 20.2. The Labute approximate surface area is 364 Å². The van der Waals surface area contributed by atoms with E-state index in [1.165, 1.54) is 11.1 Å². The minimum Gasteiger partial charge on any atom is -0.444 e. The summed E-state index contributed by atoms with van der Waals surface area (Å²) in [6.45, 7) is 12.6. The average molecular weight is 829 g/mol. The van der Waals surface area contributed by atoms with Crippen molar-refractivity contribution in [2.75, 3.05) is 7.11 Å². The van der Waals surface area contributed by atoms with Crippen LogP contribution in [0.15, 0.2) is 121 Å². The van der Waals surface area contributed by atoms with E-state index in [2.05, 4.69) is 66.7 Å². The molecule has 8 nitrogen and oxygen atoms in total. The standard InChI is InChI=1S/C27H35NO3.C26H33NO3/c1-25(2,3)31-24(29)28(20-21-11-7-5-8-12-21)26-15-17-27(18-16-26,23(19-26)30-4)22-13-9-6-10-14-22;1-24(2,3)30-23(29)27(19-20-10-6-4-7-11-20)25-14-16-26(17-15-25,22(28)18-25)21-12-8-5-9-13-21/h5-14,23H,15-20H2,1-4H3;4-13,22,28H,14-19H2,1-3H3. The molecule has 2 amide bonds. The molecule has 10 rings (SSSR count). The summed E-state index contributed by atoms with van der Waals surface area (Å²) in [5.74, 6) is 0. The predicted octanol–water partition coefficient (Wildman–Crippen LogP) is 11.5. The van der Waals surface area contributed by atoms with Gasteiger partial charge in [-0.15, -0.1) is 0 Å². The molecule has 1 N–H and O–H groups in total. The van der Waals surface area contributed by atoms with E-state index in [4.69, 9.17) is 14.2 Å². The van der Waals surface area contributed by atoms with Crippen LogP contribution in [0.1, 0.15) is 128 Å². The first-order chi connectivity index (χ1) is 29.0. The maximum atomic E-state index is 13.5. The molecule has 0 radical (unpaired) electrons. The van der Waals surface area contributed by atoms with Crippen molar-refractivity contribution < 1.29 is 28.9 Å². The summed E-state index contributed by atoms with van der Waals surface area (Å²) in [4.78, 5) is 30.7. The Morgan fingerprint density at radius 3 is 1.25 bits per heavy atom. The van der Waals surface area contributed by atoms with Gasteiger partial charge >= 0.3 is 12.2 Å². The molecular formula is C53H68N2O6. The molecule has 4 aromatic rings. The number of methoxy groups -OCH3 is 1. The van der Waals surface area contributed by atoms with Gasteiger partial charge in [-0.25, -0.2) is 9.59 Å².